The number of nitrogens with zero attached hydrogens (tertiary/aromatic N) is 1. The van der Waals surface area contributed by atoms with Crippen molar-refractivity contribution in [2.75, 3.05) is 5.32 Å². The minimum atomic E-state index is 0.216. The van der Waals surface area contributed by atoms with Gasteiger partial charge < -0.3 is 11.1 Å². The Morgan fingerprint density at radius 3 is 2.36 bits per heavy atom. The largest absolute Gasteiger partial charge is 0.370 e. The van der Waals surface area contributed by atoms with Gasteiger partial charge in [-0.25, -0.2) is 0 Å². The molecule has 0 aliphatic rings. The summed E-state index contributed by atoms with van der Waals surface area (Å²) < 4.78 is 0. The SMILES string of the molecule is Cc1ccc(NC(N)=NC(C)C)cc1. The van der Waals surface area contributed by atoms with E-state index in [-0.39, 0.29) is 6.04 Å². The number of rotatable bonds is 2. The molecule has 0 saturated heterocycles. The molecule has 76 valence electrons. The molecule has 0 aromatic heterocycles. The van der Waals surface area contributed by atoms with Crippen LogP contribution in [-0.4, -0.2) is 12.0 Å². The fourth-order valence-electron chi connectivity index (χ4n) is 1.10. The number of aliphatic imine (C=N–C) groups is 1. The summed E-state index contributed by atoms with van der Waals surface area (Å²) in [5.41, 5.74) is 7.88. The molecule has 0 aliphatic carbocycles. The molecule has 0 spiro atoms. The standard InChI is InChI=1S/C11H17N3/c1-8(2)13-11(12)14-10-6-4-9(3)5-7-10/h4-8H,1-3H3,(H3,12,13,14). The van der Waals surface area contributed by atoms with Crippen LogP contribution in [-0.2, 0) is 0 Å². The van der Waals surface area contributed by atoms with E-state index in [1.165, 1.54) is 5.56 Å². The van der Waals surface area contributed by atoms with Gasteiger partial charge in [-0.2, -0.15) is 0 Å². The number of hydrogen-bond acceptors (Lipinski definition) is 1. The molecule has 0 unspecified atom stereocenters. The molecule has 0 amide bonds. The van der Waals surface area contributed by atoms with E-state index in [9.17, 15) is 0 Å². The van der Waals surface area contributed by atoms with Gasteiger partial charge in [0, 0.05) is 11.7 Å². The Bertz CT molecular complexity index is 312. The molecular weight excluding hydrogens is 174 g/mol. The van der Waals surface area contributed by atoms with Crippen LogP contribution < -0.4 is 11.1 Å². The normalized spacial score (nSPS) is 11.9. The quantitative estimate of drug-likeness (QED) is 0.555. The summed E-state index contributed by atoms with van der Waals surface area (Å²) in [7, 11) is 0. The fraction of sp³-hybridized carbons (Fsp3) is 0.364. The molecule has 3 N–H and O–H groups in total. The van der Waals surface area contributed by atoms with E-state index < -0.39 is 0 Å². The van der Waals surface area contributed by atoms with Crippen LogP contribution in [0.25, 0.3) is 0 Å². The second-order valence-electron chi connectivity index (χ2n) is 3.60. The van der Waals surface area contributed by atoms with Crippen molar-refractivity contribution >= 4 is 11.6 Å². The van der Waals surface area contributed by atoms with Gasteiger partial charge in [0.2, 0.25) is 0 Å². The third-order valence-corrected chi connectivity index (χ3v) is 1.72. The Morgan fingerprint density at radius 1 is 1.29 bits per heavy atom. The first kappa shape index (κ1) is 10.6. The lowest BCUT2D eigenvalue weighted by atomic mass is 10.2. The van der Waals surface area contributed by atoms with Crippen LogP contribution in [0.2, 0.25) is 0 Å². The summed E-state index contributed by atoms with van der Waals surface area (Å²) in [6, 6.07) is 8.25. The van der Waals surface area contributed by atoms with Crippen LogP contribution in [0.3, 0.4) is 0 Å². The smallest absolute Gasteiger partial charge is 0.193 e. The third kappa shape index (κ3) is 3.47. The Balaban J connectivity index is 2.65. The number of nitrogens with one attached hydrogen (secondary N) is 1. The van der Waals surface area contributed by atoms with Crippen molar-refractivity contribution in [3.05, 3.63) is 29.8 Å². The number of benzene rings is 1. The first-order chi connectivity index (χ1) is 6.58. The maximum absolute atomic E-state index is 5.68. The molecular formula is C11H17N3. The average Bonchev–Trinajstić information content (AvgIpc) is 2.07. The first-order valence-corrected chi connectivity index (χ1v) is 4.75. The van der Waals surface area contributed by atoms with Gasteiger partial charge in [0.25, 0.3) is 0 Å². The highest BCUT2D eigenvalue weighted by atomic mass is 15.1. The van der Waals surface area contributed by atoms with Gasteiger partial charge >= 0.3 is 0 Å². The van der Waals surface area contributed by atoms with Gasteiger partial charge in [0.05, 0.1) is 0 Å². The predicted molar refractivity (Wildman–Crippen MR) is 61.6 cm³/mol. The van der Waals surface area contributed by atoms with Gasteiger partial charge in [-0.3, -0.25) is 4.99 Å². The summed E-state index contributed by atoms with van der Waals surface area (Å²) >= 11 is 0. The molecule has 1 aromatic carbocycles. The molecule has 1 aromatic rings. The molecule has 0 aliphatic heterocycles. The van der Waals surface area contributed by atoms with Gasteiger partial charge in [-0.05, 0) is 32.9 Å². The Kier molecular flexibility index (Phi) is 3.51. The molecule has 14 heavy (non-hydrogen) atoms. The van der Waals surface area contributed by atoms with Crippen molar-refractivity contribution in [2.45, 2.75) is 26.8 Å². The number of guanidine groups is 1. The number of aryl methyl sites for hydroxylation is 1. The van der Waals surface area contributed by atoms with Crippen molar-refractivity contribution in [1.29, 1.82) is 0 Å². The molecule has 0 bridgehead atoms. The molecule has 1 rings (SSSR count). The molecule has 0 heterocycles. The summed E-state index contributed by atoms with van der Waals surface area (Å²) in [4.78, 5) is 4.18. The van der Waals surface area contributed by atoms with E-state index >= 15 is 0 Å². The number of hydrogen-bond donors (Lipinski definition) is 2. The summed E-state index contributed by atoms with van der Waals surface area (Å²) in [5, 5.41) is 3.03. The Hall–Kier alpha value is -1.51. The summed E-state index contributed by atoms with van der Waals surface area (Å²) in [5.74, 6) is 0.462. The highest BCUT2D eigenvalue weighted by molar-refractivity contribution is 5.92. The second kappa shape index (κ2) is 4.65. The van der Waals surface area contributed by atoms with Crippen molar-refractivity contribution in [3.63, 3.8) is 0 Å². The zero-order valence-electron chi connectivity index (χ0n) is 8.91. The lowest BCUT2D eigenvalue weighted by Crippen LogP contribution is -2.23. The Morgan fingerprint density at radius 2 is 1.86 bits per heavy atom. The Labute approximate surface area is 85.0 Å². The van der Waals surface area contributed by atoms with Crippen LogP contribution in [0, 0.1) is 6.92 Å². The van der Waals surface area contributed by atoms with Gasteiger partial charge in [0.1, 0.15) is 0 Å². The minimum absolute atomic E-state index is 0.216. The molecule has 0 saturated carbocycles. The monoisotopic (exact) mass is 191 g/mol. The number of anilines is 1. The minimum Gasteiger partial charge on any atom is -0.370 e. The topological polar surface area (TPSA) is 50.4 Å². The second-order valence-corrected chi connectivity index (χ2v) is 3.60. The van der Waals surface area contributed by atoms with E-state index in [0.29, 0.717) is 5.96 Å². The molecule has 0 fully saturated rings. The van der Waals surface area contributed by atoms with Gasteiger partial charge in [0.15, 0.2) is 5.96 Å². The van der Waals surface area contributed by atoms with Gasteiger partial charge in [-0.1, -0.05) is 17.7 Å². The van der Waals surface area contributed by atoms with Crippen molar-refractivity contribution < 1.29 is 0 Å². The highest BCUT2D eigenvalue weighted by Crippen LogP contribution is 2.07. The van der Waals surface area contributed by atoms with E-state index in [1.807, 2.05) is 38.1 Å². The van der Waals surface area contributed by atoms with Crippen LogP contribution >= 0.6 is 0 Å². The van der Waals surface area contributed by atoms with Crippen LogP contribution in [0.1, 0.15) is 19.4 Å². The zero-order chi connectivity index (χ0) is 10.6. The molecule has 0 atom stereocenters. The van der Waals surface area contributed by atoms with E-state index in [0.717, 1.165) is 5.69 Å². The van der Waals surface area contributed by atoms with Crippen molar-refractivity contribution in [3.8, 4) is 0 Å². The average molecular weight is 191 g/mol. The third-order valence-electron chi connectivity index (χ3n) is 1.72. The lowest BCUT2D eigenvalue weighted by Gasteiger charge is -2.06. The van der Waals surface area contributed by atoms with Gasteiger partial charge in [-0.15, -0.1) is 0 Å². The highest BCUT2D eigenvalue weighted by Gasteiger charge is 1.95. The first-order valence-electron chi connectivity index (χ1n) is 4.75. The summed E-state index contributed by atoms with van der Waals surface area (Å²) in [6.45, 7) is 6.03. The van der Waals surface area contributed by atoms with Crippen LogP contribution in [0.4, 0.5) is 5.69 Å². The molecule has 3 nitrogen and oxygen atoms in total. The van der Waals surface area contributed by atoms with Crippen molar-refractivity contribution in [1.82, 2.24) is 0 Å². The maximum Gasteiger partial charge on any atom is 0.193 e. The van der Waals surface area contributed by atoms with E-state index in [2.05, 4.69) is 17.2 Å². The lowest BCUT2D eigenvalue weighted by molar-refractivity contribution is 0.833. The fourth-order valence-corrected chi connectivity index (χ4v) is 1.10. The zero-order valence-corrected chi connectivity index (χ0v) is 8.91. The maximum atomic E-state index is 5.68. The van der Waals surface area contributed by atoms with Crippen LogP contribution in [0.15, 0.2) is 29.3 Å². The van der Waals surface area contributed by atoms with Crippen molar-refractivity contribution in [2.24, 2.45) is 10.7 Å². The predicted octanol–water partition coefficient (Wildman–Crippen LogP) is 2.13. The van der Waals surface area contributed by atoms with E-state index in [4.69, 9.17) is 5.73 Å². The molecule has 3 heteroatoms. The van der Waals surface area contributed by atoms with Crippen LogP contribution in [0.5, 0.6) is 0 Å². The summed E-state index contributed by atoms with van der Waals surface area (Å²) in [6.07, 6.45) is 0. The molecule has 0 radical (unpaired) electrons. The van der Waals surface area contributed by atoms with E-state index in [1.54, 1.807) is 0 Å². The number of nitrogens with two attached hydrogens (primary N) is 1.